The normalized spacial score (nSPS) is 16.1. The fourth-order valence-electron chi connectivity index (χ4n) is 3.93. The molecule has 1 atom stereocenters. The summed E-state index contributed by atoms with van der Waals surface area (Å²) >= 11 is 1.30. The van der Waals surface area contributed by atoms with E-state index in [4.69, 9.17) is 0 Å². The summed E-state index contributed by atoms with van der Waals surface area (Å²) < 4.78 is 14.8. The molecule has 2 amide bonds. The zero-order valence-corrected chi connectivity index (χ0v) is 19.8. The van der Waals surface area contributed by atoms with Gasteiger partial charge in [-0.15, -0.1) is 11.8 Å². The number of Topliss-reactive ketones (excluding diaryl/α,β-unsaturated/α-hetero) is 1. The van der Waals surface area contributed by atoms with Gasteiger partial charge in [-0.3, -0.25) is 9.69 Å². The topological polar surface area (TPSA) is 49.4 Å². The fraction of sp³-hybridized carbons (Fsp3) is 0.185. The average Bonchev–Trinajstić information content (AvgIpc) is 2.80. The lowest BCUT2D eigenvalue weighted by molar-refractivity contribution is 0.102. The molecule has 3 aromatic carbocycles. The Kier molecular flexibility index (Phi) is 6.38. The first-order valence-corrected chi connectivity index (χ1v) is 11.9. The van der Waals surface area contributed by atoms with Crippen LogP contribution in [0.1, 0.15) is 38.7 Å². The second-order valence-corrected chi connectivity index (χ2v) is 8.92. The number of amides is 2. The maximum Gasteiger partial charge on any atom is 0.327 e. The molecular formula is C27H25FN2O2S. The molecular weight excluding hydrogens is 435 g/mol. The molecule has 0 radical (unpaired) electrons. The Morgan fingerprint density at radius 3 is 2.30 bits per heavy atom. The lowest BCUT2D eigenvalue weighted by atomic mass is 9.90. The van der Waals surface area contributed by atoms with E-state index in [1.54, 1.807) is 30.3 Å². The second-order valence-electron chi connectivity index (χ2n) is 8.13. The molecule has 0 aromatic heterocycles. The Bertz CT molecular complexity index is 1270. The third-order valence-electron chi connectivity index (χ3n) is 5.91. The Labute approximate surface area is 197 Å². The van der Waals surface area contributed by atoms with Gasteiger partial charge in [0, 0.05) is 11.1 Å². The molecule has 0 spiro atoms. The third kappa shape index (κ3) is 4.31. The summed E-state index contributed by atoms with van der Waals surface area (Å²) in [5.74, 6) is -0.724. The maximum atomic E-state index is 14.8. The second kappa shape index (κ2) is 9.24. The Morgan fingerprint density at radius 2 is 1.67 bits per heavy atom. The number of carbonyl (C=O) groups excluding carboxylic acids is 2. The smallest absolute Gasteiger partial charge is 0.326 e. The van der Waals surface area contributed by atoms with Gasteiger partial charge >= 0.3 is 6.03 Å². The van der Waals surface area contributed by atoms with Crippen LogP contribution in [0.15, 0.2) is 77.3 Å². The van der Waals surface area contributed by atoms with Crippen LogP contribution in [0.4, 0.5) is 14.9 Å². The van der Waals surface area contributed by atoms with Crippen LogP contribution in [-0.4, -0.2) is 18.1 Å². The highest BCUT2D eigenvalue weighted by Crippen LogP contribution is 2.40. The number of aryl methyl sites for hydroxylation is 3. The van der Waals surface area contributed by atoms with Crippen molar-refractivity contribution < 1.29 is 14.0 Å². The zero-order chi connectivity index (χ0) is 23.7. The quantitative estimate of drug-likeness (QED) is 0.444. The maximum absolute atomic E-state index is 14.8. The lowest BCUT2D eigenvalue weighted by Gasteiger charge is -2.36. The van der Waals surface area contributed by atoms with Gasteiger partial charge in [-0.25, -0.2) is 9.18 Å². The highest BCUT2D eigenvalue weighted by molar-refractivity contribution is 8.02. The van der Waals surface area contributed by atoms with Crippen molar-refractivity contribution in [1.82, 2.24) is 5.32 Å². The summed E-state index contributed by atoms with van der Waals surface area (Å²) in [6.07, 6.45) is 1.82. The van der Waals surface area contributed by atoms with Gasteiger partial charge in [0.25, 0.3) is 0 Å². The van der Waals surface area contributed by atoms with E-state index in [9.17, 15) is 14.0 Å². The highest BCUT2D eigenvalue weighted by atomic mass is 32.2. The molecule has 0 saturated carbocycles. The van der Waals surface area contributed by atoms with E-state index in [0.717, 1.165) is 16.7 Å². The van der Waals surface area contributed by atoms with Crippen LogP contribution >= 0.6 is 11.8 Å². The molecule has 168 valence electrons. The number of thioether (sulfide) groups is 1. The lowest BCUT2D eigenvalue weighted by Crippen LogP contribution is -2.48. The van der Waals surface area contributed by atoms with Crippen molar-refractivity contribution in [3.8, 4) is 0 Å². The van der Waals surface area contributed by atoms with Crippen LogP contribution < -0.4 is 10.2 Å². The Balaban J connectivity index is 1.95. The summed E-state index contributed by atoms with van der Waals surface area (Å²) in [5.41, 5.74) is 4.90. The molecule has 1 aliphatic heterocycles. The average molecular weight is 461 g/mol. The number of urea groups is 1. The molecule has 1 aliphatic rings. The molecule has 0 saturated heterocycles. The summed E-state index contributed by atoms with van der Waals surface area (Å²) in [6, 6.07) is 17.9. The molecule has 0 aliphatic carbocycles. The fourth-order valence-corrected chi connectivity index (χ4v) is 4.73. The molecule has 3 aromatic rings. The predicted octanol–water partition coefficient (Wildman–Crippen LogP) is 6.48. The number of benzene rings is 3. The largest absolute Gasteiger partial charge is 0.327 e. The predicted molar refractivity (Wildman–Crippen MR) is 132 cm³/mol. The van der Waals surface area contributed by atoms with Crippen LogP contribution in [0, 0.1) is 26.6 Å². The zero-order valence-electron chi connectivity index (χ0n) is 19.0. The van der Waals surface area contributed by atoms with Crippen LogP contribution in [0.3, 0.4) is 0 Å². The van der Waals surface area contributed by atoms with Crippen molar-refractivity contribution in [3.63, 3.8) is 0 Å². The third-order valence-corrected chi connectivity index (χ3v) is 6.70. The molecule has 1 N–H and O–H groups in total. The molecule has 4 rings (SSSR count). The minimum absolute atomic E-state index is 0.249. The number of nitrogens with one attached hydrogen (secondary N) is 1. The van der Waals surface area contributed by atoms with Gasteiger partial charge in [0.2, 0.25) is 0 Å². The molecule has 4 nitrogen and oxygen atoms in total. The van der Waals surface area contributed by atoms with Gasteiger partial charge in [0.1, 0.15) is 5.82 Å². The monoisotopic (exact) mass is 460 g/mol. The SMILES string of the molecule is CSC1=C(C(=O)c2ccc(C)cc2)[C@@H](c2ccccc2F)NC(=O)N1c1ccc(C)c(C)c1. The van der Waals surface area contributed by atoms with Crippen molar-refractivity contribution in [2.75, 3.05) is 11.2 Å². The first-order chi connectivity index (χ1) is 15.8. The van der Waals surface area contributed by atoms with Gasteiger partial charge in [0.05, 0.1) is 22.3 Å². The number of nitrogens with zero attached hydrogens (tertiary/aromatic N) is 1. The van der Waals surface area contributed by atoms with Crippen LogP contribution in [-0.2, 0) is 0 Å². The van der Waals surface area contributed by atoms with Crippen molar-refractivity contribution in [1.29, 1.82) is 0 Å². The molecule has 33 heavy (non-hydrogen) atoms. The van der Waals surface area contributed by atoms with Crippen LogP contribution in [0.25, 0.3) is 0 Å². The minimum atomic E-state index is -0.905. The van der Waals surface area contributed by atoms with Gasteiger partial charge in [-0.2, -0.15) is 0 Å². The van der Waals surface area contributed by atoms with Crippen molar-refractivity contribution >= 4 is 29.3 Å². The van der Waals surface area contributed by atoms with Gasteiger partial charge in [-0.05, 0) is 56.4 Å². The minimum Gasteiger partial charge on any atom is -0.326 e. The highest BCUT2D eigenvalue weighted by Gasteiger charge is 2.39. The van der Waals surface area contributed by atoms with E-state index < -0.39 is 17.9 Å². The molecule has 0 fully saturated rings. The number of rotatable bonds is 5. The Morgan fingerprint density at radius 1 is 0.970 bits per heavy atom. The van der Waals surface area contributed by atoms with Crippen molar-refractivity contribution in [3.05, 3.63) is 111 Å². The standard InChI is InChI=1S/C27H25FN2O2S/c1-16-9-12-19(13-10-16)25(31)23-24(21-7-5-6-8-22(21)28)29-27(32)30(26(23)33-4)20-14-11-17(2)18(3)15-20/h5-15,24H,1-4H3,(H,29,32)/t24-/m1/s1. The number of carbonyl (C=O) groups is 2. The molecule has 0 bridgehead atoms. The van der Waals surface area contributed by atoms with Crippen molar-refractivity contribution in [2.45, 2.75) is 26.8 Å². The first-order valence-electron chi connectivity index (χ1n) is 10.6. The number of hydrogen-bond acceptors (Lipinski definition) is 3. The van der Waals surface area contributed by atoms with E-state index >= 15 is 0 Å². The molecule has 0 unspecified atom stereocenters. The van der Waals surface area contributed by atoms with E-state index in [1.807, 2.05) is 57.4 Å². The van der Waals surface area contributed by atoms with Crippen LogP contribution in [0.2, 0.25) is 0 Å². The molecule has 6 heteroatoms. The number of halogens is 1. The molecule has 1 heterocycles. The van der Waals surface area contributed by atoms with E-state index in [0.29, 0.717) is 21.9 Å². The van der Waals surface area contributed by atoms with E-state index in [1.165, 1.54) is 22.7 Å². The summed E-state index contributed by atoms with van der Waals surface area (Å²) in [5, 5.41) is 3.37. The van der Waals surface area contributed by atoms with Gasteiger partial charge in [0.15, 0.2) is 5.78 Å². The van der Waals surface area contributed by atoms with E-state index in [-0.39, 0.29) is 11.3 Å². The first kappa shape index (κ1) is 22.8. The van der Waals surface area contributed by atoms with Gasteiger partial charge in [-0.1, -0.05) is 54.1 Å². The number of ketones is 1. The summed E-state index contributed by atoms with van der Waals surface area (Å²) in [4.78, 5) is 28.7. The van der Waals surface area contributed by atoms with E-state index in [2.05, 4.69) is 5.32 Å². The van der Waals surface area contributed by atoms with Crippen molar-refractivity contribution in [2.24, 2.45) is 0 Å². The van der Waals surface area contributed by atoms with Crippen LogP contribution in [0.5, 0.6) is 0 Å². The summed E-state index contributed by atoms with van der Waals surface area (Å²) in [7, 11) is 0. The number of hydrogen-bond donors (Lipinski definition) is 1. The van der Waals surface area contributed by atoms with Gasteiger partial charge < -0.3 is 5.32 Å². The summed E-state index contributed by atoms with van der Waals surface area (Å²) in [6.45, 7) is 5.93. The number of anilines is 1. The Hall–Kier alpha value is -3.38.